The third-order valence-corrected chi connectivity index (χ3v) is 2.41. The summed E-state index contributed by atoms with van der Waals surface area (Å²) in [6.45, 7) is 3.92. The first-order valence-electron chi connectivity index (χ1n) is 5.01. The molecule has 0 atom stereocenters. The lowest BCUT2D eigenvalue weighted by atomic mass is 10.2. The average Bonchev–Trinajstić information content (AvgIpc) is 2.56. The van der Waals surface area contributed by atoms with E-state index >= 15 is 0 Å². The van der Waals surface area contributed by atoms with Crippen molar-refractivity contribution >= 4 is 16.8 Å². The van der Waals surface area contributed by atoms with E-state index in [-0.39, 0.29) is 17.5 Å². The zero-order valence-electron chi connectivity index (χ0n) is 9.14. The van der Waals surface area contributed by atoms with Gasteiger partial charge in [0, 0.05) is 11.4 Å². The maximum atomic E-state index is 11.2. The van der Waals surface area contributed by atoms with Crippen molar-refractivity contribution in [3.05, 3.63) is 23.9 Å². The quantitative estimate of drug-likeness (QED) is 0.801. The van der Waals surface area contributed by atoms with Crippen molar-refractivity contribution in [1.82, 2.24) is 9.78 Å². The number of rotatable bonds is 2. The molecule has 0 spiro atoms. The molecule has 2 rings (SSSR count). The number of aromatic nitrogens is 2. The molecule has 0 saturated heterocycles. The fraction of sp³-hybridized carbons (Fsp3) is 0.273. The molecule has 0 aliphatic rings. The molecule has 3 N–H and O–H groups in total. The standard InChI is InChI=1S/C11H13N3O2/c1-6(2)14-9-4-3-7(15)5-8(9)10(13-14)11(12)16/h3-6,15H,1-2H3,(H2,12,16). The summed E-state index contributed by atoms with van der Waals surface area (Å²) in [5.74, 6) is -0.492. The van der Waals surface area contributed by atoms with Crippen LogP contribution in [0.15, 0.2) is 18.2 Å². The Hall–Kier alpha value is -2.04. The van der Waals surface area contributed by atoms with E-state index in [9.17, 15) is 9.90 Å². The van der Waals surface area contributed by atoms with Gasteiger partial charge in [-0.05, 0) is 32.0 Å². The molecule has 16 heavy (non-hydrogen) atoms. The molecular formula is C11H13N3O2. The number of nitrogens with two attached hydrogens (primary N) is 1. The first kappa shape index (κ1) is 10.5. The fourth-order valence-corrected chi connectivity index (χ4v) is 1.70. The Morgan fingerprint density at radius 1 is 1.50 bits per heavy atom. The second-order valence-corrected chi connectivity index (χ2v) is 3.95. The van der Waals surface area contributed by atoms with Crippen molar-refractivity contribution in [3.63, 3.8) is 0 Å². The second-order valence-electron chi connectivity index (χ2n) is 3.95. The largest absolute Gasteiger partial charge is 0.508 e. The van der Waals surface area contributed by atoms with E-state index in [1.165, 1.54) is 6.07 Å². The van der Waals surface area contributed by atoms with Crippen molar-refractivity contribution < 1.29 is 9.90 Å². The molecule has 0 radical (unpaired) electrons. The molecule has 1 aromatic heterocycles. The molecule has 0 fully saturated rings. The van der Waals surface area contributed by atoms with Gasteiger partial charge in [0.05, 0.1) is 5.52 Å². The first-order valence-corrected chi connectivity index (χ1v) is 5.01. The zero-order valence-corrected chi connectivity index (χ0v) is 9.14. The number of benzene rings is 1. The fourth-order valence-electron chi connectivity index (χ4n) is 1.70. The van der Waals surface area contributed by atoms with Crippen molar-refractivity contribution in [2.75, 3.05) is 0 Å². The van der Waals surface area contributed by atoms with Gasteiger partial charge in [-0.15, -0.1) is 0 Å². The predicted molar refractivity (Wildman–Crippen MR) is 60.3 cm³/mol. The summed E-state index contributed by atoms with van der Waals surface area (Å²) in [6.07, 6.45) is 0. The van der Waals surface area contributed by atoms with E-state index in [0.717, 1.165) is 5.52 Å². The van der Waals surface area contributed by atoms with Gasteiger partial charge in [-0.2, -0.15) is 5.10 Å². The van der Waals surface area contributed by atoms with Crippen LogP contribution in [0.4, 0.5) is 0 Å². The van der Waals surface area contributed by atoms with Crippen LogP contribution in [-0.4, -0.2) is 20.8 Å². The van der Waals surface area contributed by atoms with E-state index in [2.05, 4.69) is 5.10 Å². The molecule has 1 heterocycles. The van der Waals surface area contributed by atoms with Crippen LogP contribution in [0.5, 0.6) is 5.75 Å². The molecule has 0 aliphatic carbocycles. The second kappa shape index (κ2) is 3.52. The van der Waals surface area contributed by atoms with E-state index in [1.54, 1.807) is 16.8 Å². The van der Waals surface area contributed by atoms with E-state index in [4.69, 9.17) is 5.73 Å². The lowest BCUT2D eigenvalue weighted by Gasteiger charge is -2.06. The van der Waals surface area contributed by atoms with Crippen molar-refractivity contribution in [2.45, 2.75) is 19.9 Å². The van der Waals surface area contributed by atoms with Crippen LogP contribution in [-0.2, 0) is 0 Å². The van der Waals surface area contributed by atoms with Crippen LogP contribution in [0.1, 0.15) is 30.4 Å². The van der Waals surface area contributed by atoms with Gasteiger partial charge in [-0.1, -0.05) is 0 Å². The SMILES string of the molecule is CC(C)n1nc(C(N)=O)c2cc(O)ccc21. The highest BCUT2D eigenvalue weighted by Gasteiger charge is 2.16. The highest BCUT2D eigenvalue weighted by atomic mass is 16.3. The zero-order chi connectivity index (χ0) is 11.9. The van der Waals surface area contributed by atoms with Crippen LogP contribution in [0.3, 0.4) is 0 Å². The van der Waals surface area contributed by atoms with E-state index in [1.807, 2.05) is 13.8 Å². The van der Waals surface area contributed by atoms with Gasteiger partial charge in [0.2, 0.25) is 0 Å². The Balaban J connectivity index is 2.81. The lowest BCUT2D eigenvalue weighted by molar-refractivity contribution is 0.0996. The number of primary amides is 1. The number of carbonyl (C=O) groups excluding carboxylic acids is 1. The van der Waals surface area contributed by atoms with Crippen LogP contribution in [0.2, 0.25) is 0 Å². The summed E-state index contributed by atoms with van der Waals surface area (Å²) in [5.41, 5.74) is 6.23. The van der Waals surface area contributed by atoms with Gasteiger partial charge in [0.1, 0.15) is 5.75 Å². The topological polar surface area (TPSA) is 81.1 Å². The van der Waals surface area contributed by atoms with Gasteiger partial charge in [0.15, 0.2) is 5.69 Å². The van der Waals surface area contributed by atoms with Gasteiger partial charge in [-0.3, -0.25) is 9.48 Å². The van der Waals surface area contributed by atoms with Crippen LogP contribution in [0, 0.1) is 0 Å². The monoisotopic (exact) mass is 219 g/mol. The predicted octanol–water partition coefficient (Wildman–Crippen LogP) is 1.42. The maximum absolute atomic E-state index is 11.2. The number of amides is 1. The van der Waals surface area contributed by atoms with Crippen molar-refractivity contribution in [3.8, 4) is 5.75 Å². The van der Waals surface area contributed by atoms with E-state index < -0.39 is 5.91 Å². The Morgan fingerprint density at radius 3 is 2.75 bits per heavy atom. The molecule has 0 aliphatic heterocycles. The lowest BCUT2D eigenvalue weighted by Crippen LogP contribution is -2.13. The Kier molecular flexibility index (Phi) is 2.30. The molecule has 84 valence electrons. The summed E-state index contributed by atoms with van der Waals surface area (Å²) >= 11 is 0. The van der Waals surface area contributed by atoms with Gasteiger partial charge < -0.3 is 10.8 Å². The number of hydrogen-bond acceptors (Lipinski definition) is 3. The molecular weight excluding hydrogens is 206 g/mol. The summed E-state index contributed by atoms with van der Waals surface area (Å²) in [6, 6.07) is 4.92. The van der Waals surface area contributed by atoms with Gasteiger partial charge in [0.25, 0.3) is 5.91 Å². The van der Waals surface area contributed by atoms with Crippen LogP contribution < -0.4 is 5.73 Å². The van der Waals surface area contributed by atoms with Crippen molar-refractivity contribution in [1.29, 1.82) is 0 Å². The van der Waals surface area contributed by atoms with E-state index in [0.29, 0.717) is 5.39 Å². The number of carbonyl (C=O) groups is 1. The molecule has 1 amide bonds. The minimum Gasteiger partial charge on any atom is -0.508 e. The van der Waals surface area contributed by atoms with Crippen LogP contribution >= 0.6 is 0 Å². The molecule has 2 aromatic rings. The third kappa shape index (κ3) is 1.50. The van der Waals surface area contributed by atoms with Gasteiger partial charge >= 0.3 is 0 Å². The maximum Gasteiger partial charge on any atom is 0.269 e. The number of fused-ring (bicyclic) bond motifs is 1. The summed E-state index contributed by atoms with van der Waals surface area (Å²) in [5, 5.41) is 14.1. The number of aromatic hydroxyl groups is 1. The Morgan fingerprint density at radius 2 is 2.19 bits per heavy atom. The average molecular weight is 219 g/mol. The summed E-state index contributed by atoms with van der Waals surface area (Å²) in [4.78, 5) is 11.2. The highest BCUT2D eigenvalue weighted by molar-refractivity contribution is 6.04. The molecule has 5 heteroatoms. The smallest absolute Gasteiger partial charge is 0.269 e. The molecule has 5 nitrogen and oxygen atoms in total. The van der Waals surface area contributed by atoms with Crippen molar-refractivity contribution in [2.24, 2.45) is 5.73 Å². The molecule has 0 saturated carbocycles. The normalized spacial score (nSPS) is 11.2. The van der Waals surface area contributed by atoms with Crippen LogP contribution in [0.25, 0.3) is 10.9 Å². The number of phenols is 1. The first-order chi connectivity index (χ1) is 7.50. The number of phenolic OH excluding ortho intramolecular Hbond substituents is 1. The molecule has 1 aromatic carbocycles. The minimum absolute atomic E-state index is 0.0957. The minimum atomic E-state index is -0.588. The summed E-state index contributed by atoms with van der Waals surface area (Å²) in [7, 11) is 0. The molecule has 0 bridgehead atoms. The number of hydrogen-bond donors (Lipinski definition) is 2. The summed E-state index contributed by atoms with van der Waals surface area (Å²) < 4.78 is 1.72. The Bertz CT molecular complexity index is 558. The highest BCUT2D eigenvalue weighted by Crippen LogP contribution is 2.25. The molecule has 0 unspecified atom stereocenters. The number of nitrogens with zero attached hydrogens (tertiary/aromatic N) is 2. The Labute approximate surface area is 92.5 Å². The third-order valence-electron chi connectivity index (χ3n) is 2.41. The van der Waals surface area contributed by atoms with Gasteiger partial charge in [-0.25, -0.2) is 0 Å².